The van der Waals surface area contributed by atoms with E-state index in [4.69, 9.17) is 5.73 Å². The van der Waals surface area contributed by atoms with Crippen LogP contribution < -0.4 is 11.1 Å². The van der Waals surface area contributed by atoms with Crippen LogP contribution in [0.15, 0.2) is 4.99 Å². The second-order valence-electron chi connectivity index (χ2n) is 6.11. The molecular weight excluding hydrogens is 236 g/mol. The van der Waals surface area contributed by atoms with Crippen LogP contribution in [0.4, 0.5) is 0 Å². The minimum Gasteiger partial charge on any atom is -0.370 e. The van der Waals surface area contributed by atoms with E-state index >= 15 is 0 Å². The third kappa shape index (κ3) is 7.41. The van der Waals surface area contributed by atoms with Crippen molar-refractivity contribution in [2.75, 3.05) is 32.7 Å². The van der Waals surface area contributed by atoms with Gasteiger partial charge in [-0.05, 0) is 44.1 Å². The Balaban J connectivity index is 2.04. The van der Waals surface area contributed by atoms with Gasteiger partial charge >= 0.3 is 0 Å². The van der Waals surface area contributed by atoms with E-state index in [0.717, 1.165) is 31.3 Å². The standard InChI is InChI=1S/C15H32N4/c1-4-7-17-15(16)18-8-5-6-9-19-11-13(2)10-14(3)12-19/h13-14H,4-12H2,1-3H3,(H3,16,17,18). The number of hydrogen-bond donors (Lipinski definition) is 2. The Hall–Kier alpha value is -0.770. The first kappa shape index (κ1) is 16.3. The molecule has 0 spiro atoms. The molecule has 0 saturated carbocycles. The number of nitrogens with one attached hydrogen (secondary N) is 1. The van der Waals surface area contributed by atoms with Gasteiger partial charge in [0.1, 0.15) is 0 Å². The number of rotatable bonds is 7. The smallest absolute Gasteiger partial charge is 0.188 e. The van der Waals surface area contributed by atoms with Crippen LogP contribution in [0.3, 0.4) is 0 Å². The number of piperidine rings is 1. The maximum Gasteiger partial charge on any atom is 0.188 e. The van der Waals surface area contributed by atoms with E-state index < -0.39 is 0 Å². The molecule has 1 rings (SSSR count). The molecule has 1 fully saturated rings. The summed E-state index contributed by atoms with van der Waals surface area (Å²) in [4.78, 5) is 6.84. The molecule has 1 saturated heterocycles. The maximum absolute atomic E-state index is 5.75. The zero-order valence-electron chi connectivity index (χ0n) is 13.0. The van der Waals surface area contributed by atoms with E-state index in [-0.39, 0.29) is 0 Å². The highest BCUT2D eigenvalue weighted by atomic mass is 15.1. The van der Waals surface area contributed by atoms with E-state index in [1.165, 1.54) is 38.9 Å². The SMILES string of the molecule is CCCN=C(N)NCCCCN1CC(C)CC(C)C1. The van der Waals surface area contributed by atoms with Crippen molar-refractivity contribution in [1.29, 1.82) is 0 Å². The number of unbranched alkanes of at least 4 members (excludes halogenated alkanes) is 1. The molecule has 1 aliphatic heterocycles. The average Bonchev–Trinajstić information content (AvgIpc) is 2.34. The molecule has 0 aromatic rings. The van der Waals surface area contributed by atoms with Gasteiger partial charge in [0, 0.05) is 26.2 Å². The topological polar surface area (TPSA) is 53.6 Å². The van der Waals surface area contributed by atoms with Crippen LogP contribution in [0.5, 0.6) is 0 Å². The Morgan fingerprint density at radius 2 is 1.95 bits per heavy atom. The number of guanidine groups is 1. The largest absolute Gasteiger partial charge is 0.370 e. The van der Waals surface area contributed by atoms with Gasteiger partial charge in [0.2, 0.25) is 0 Å². The predicted molar refractivity (Wildman–Crippen MR) is 83.4 cm³/mol. The normalized spacial score (nSPS) is 25.5. The summed E-state index contributed by atoms with van der Waals surface area (Å²) in [6, 6.07) is 0. The summed E-state index contributed by atoms with van der Waals surface area (Å²) in [7, 11) is 0. The summed E-state index contributed by atoms with van der Waals surface area (Å²) in [5.74, 6) is 2.32. The van der Waals surface area contributed by atoms with Gasteiger partial charge < -0.3 is 16.0 Å². The Morgan fingerprint density at radius 1 is 1.26 bits per heavy atom. The van der Waals surface area contributed by atoms with Crippen LogP contribution in [0, 0.1) is 11.8 Å². The van der Waals surface area contributed by atoms with Crippen molar-refractivity contribution in [2.24, 2.45) is 22.6 Å². The number of hydrogen-bond acceptors (Lipinski definition) is 2. The molecule has 2 atom stereocenters. The van der Waals surface area contributed by atoms with Crippen LogP contribution >= 0.6 is 0 Å². The molecule has 112 valence electrons. The molecule has 1 aliphatic rings. The lowest BCUT2D eigenvalue weighted by Gasteiger charge is -2.34. The predicted octanol–water partition coefficient (Wildman–Crippen LogP) is 2.06. The summed E-state index contributed by atoms with van der Waals surface area (Å²) >= 11 is 0. The minimum absolute atomic E-state index is 0.599. The van der Waals surface area contributed by atoms with Gasteiger partial charge in [-0.2, -0.15) is 0 Å². The number of aliphatic imine (C=N–C) groups is 1. The molecule has 0 aromatic carbocycles. The molecular formula is C15H32N4. The molecule has 0 bridgehead atoms. The summed E-state index contributed by atoms with van der Waals surface area (Å²) in [5, 5.41) is 3.18. The summed E-state index contributed by atoms with van der Waals surface area (Å²) < 4.78 is 0. The first-order valence-electron chi connectivity index (χ1n) is 7.88. The molecule has 0 radical (unpaired) electrons. The van der Waals surface area contributed by atoms with Crippen LogP contribution in [0.1, 0.15) is 46.5 Å². The van der Waals surface area contributed by atoms with Crippen molar-refractivity contribution < 1.29 is 0 Å². The molecule has 2 unspecified atom stereocenters. The third-order valence-electron chi connectivity index (χ3n) is 3.66. The van der Waals surface area contributed by atoms with Crippen LogP contribution in [-0.4, -0.2) is 43.6 Å². The lowest BCUT2D eigenvalue weighted by atomic mass is 9.92. The van der Waals surface area contributed by atoms with Crippen molar-refractivity contribution in [2.45, 2.75) is 46.5 Å². The van der Waals surface area contributed by atoms with E-state index in [9.17, 15) is 0 Å². The first-order valence-corrected chi connectivity index (χ1v) is 7.88. The van der Waals surface area contributed by atoms with Crippen molar-refractivity contribution in [3.05, 3.63) is 0 Å². The molecule has 4 nitrogen and oxygen atoms in total. The summed E-state index contributed by atoms with van der Waals surface area (Å²) in [6.07, 6.45) is 4.85. The van der Waals surface area contributed by atoms with Crippen LogP contribution in [0.2, 0.25) is 0 Å². The fourth-order valence-electron chi connectivity index (χ4n) is 2.94. The first-order chi connectivity index (χ1) is 9.11. The lowest BCUT2D eigenvalue weighted by Crippen LogP contribution is -2.39. The number of nitrogens with two attached hydrogens (primary N) is 1. The average molecular weight is 268 g/mol. The highest BCUT2D eigenvalue weighted by Crippen LogP contribution is 2.20. The Bertz CT molecular complexity index is 255. The van der Waals surface area contributed by atoms with E-state index in [2.05, 4.69) is 36.0 Å². The Morgan fingerprint density at radius 3 is 2.58 bits per heavy atom. The van der Waals surface area contributed by atoms with E-state index in [0.29, 0.717) is 5.96 Å². The molecule has 1 heterocycles. The second kappa shape index (κ2) is 9.18. The highest BCUT2D eigenvalue weighted by molar-refractivity contribution is 5.77. The van der Waals surface area contributed by atoms with Crippen molar-refractivity contribution in [1.82, 2.24) is 10.2 Å². The monoisotopic (exact) mass is 268 g/mol. The Labute approximate surface area is 118 Å². The quantitative estimate of drug-likeness (QED) is 0.422. The molecule has 3 N–H and O–H groups in total. The number of likely N-dealkylation sites (tertiary alicyclic amines) is 1. The third-order valence-corrected chi connectivity index (χ3v) is 3.66. The van der Waals surface area contributed by atoms with Gasteiger partial charge in [0.05, 0.1) is 0 Å². The van der Waals surface area contributed by atoms with Crippen molar-refractivity contribution >= 4 is 5.96 Å². The zero-order valence-corrected chi connectivity index (χ0v) is 13.0. The Kier molecular flexibility index (Phi) is 7.87. The molecule has 0 aromatic heterocycles. The summed E-state index contributed by atoms with van der Waals surface area (Å²) in [6.45, 7) is 12.4. The van der Waals surface area contributed by atoms with E-state index in [1.807, 2.05) is 0 Å². The van der Waals surface area contributed by atoms with Crippen molar-refractivity contribution in [3.63, 3.8) is 0 Å². The van der Waals surface area contributed by atoms with Gasteiger partial charge in [-0.25, -0.2) is 0 Å². The molecule has 0 amide bonds. The zero-order chi connectivity index (χ0) is 14.1. The van der Waals surface area contributed by atoms with Crippen LogP contribution in [-0.2, 0) is 0 Å². The molecule has 4 heteroatoms. The van der Waals surface area contributed by atoms with Crippen molar-refractivity contribution in [3.8, 4) is 0 Å². The second-order valence-corrected chi connectivity index (χ2v) is 6.11. The fourth-order valence-corrected chi connectivity index (χ4v) is 2.94. The molecule has 19 heavy (non-hydrogen) atoms. The van der Waals surface area contributed by atoms with E-state index in [1.54, 1.807) is 0 Å². The van der Waals surface area contributed by atoms with Gasteiger partial charge in [-0.15, -0.1) is 0 Å². The van der Waals surface area contributed by atoms with Gasteiger partial charge in [0.25, 0.3) is 0 Å². The van der Waals surface area contributed by atoms with Gasteiger partial charge in [-0.3, -0.25) is 4.99 Å². The highest BCUT2D eigenvalue weighted by Gasteiger charge is 2.20. The van der Waals surface area contributed by atoms with Gasteiger partial charge in [0.15, 0.2) is 5.96 Å². The maximum atomic E-state index is 5.75. The van der Waals surface area contributed by atoms with Crippen LogP contribution in [0.25, 0.3) is 0 Å². The summed E-state index contributed by atoms with van der Waals surface area (Å²) in [5.41, 5.74) is 5.75. The van der Waals surface area contributed by atoms with Gasteiger partial charge in [-0.1, -0.05) is 20.8 Å². The molecule has 0 aliphatic carbocycles. The number of nitrogens with zero attached hydrogens (tertiary/aromatic N) is 2. The minimum atomic E-state index is 0.599. The lowest BCUT2D eigenvalue weighted by molar-refractivity contribution is 0.139. The fraction of sp³-hybridized carbons (Fsp3) is 0.933.